The van der Waals surface area contributed by atoms with E-state index in [2.05, 4.69) is 10.0 Å². The molecule has 0 bridgehead atoms. The number of nitrogens with one attached hydrogen (secondary N) is 2. The third-order valence-electron chi connectivity index (χ3n) is 2.15. The van der Waals surface area contributed by atoms with Crippen molar-refractivity contribution in [3.05, 3.63) is 17.9 Å². The number of rotatable bonds is 8. The minimum atomic E-state index is -3.60. The Labute approximate surface area is 110 Å². The average molecular weight is 294 g/mol. The van der Waals surface area contributed by atoms with Gasteiger partial charge >= 0.3 is 0 Å². The van der Waals surface area contributed by atoms with Crippen molar-refractivity contribution in [1.82, 2.24) is 10.0 Å². The lowest BCUT2D eigenvalue weighted by atomic mass is 10.4. The van der Waals surface area contributed by atoms with Crippen molar-refractivity contribution >= 4 is 20.8 Å². The van der Waals surface area contributed by atoms with Crippen LogP contribution in [-0.2, 0) is 27.4 Å². The first-order valence-corrected chi connectivity index (χ1v) is 8.70. The van der Waals surface area contributed by atoms with Crippen LogP contribution in [-0.4, -0.2) is 38.2 Å². The summed E-state index contributed by atoms with van der Waals surface area (Å²) in [5, 5.41) is 2.78. The van der Waals surface area contributed by atoms with Crippen LogP contribution >= 0.6 is 0 Å². The highest BCUT2D eigenvalue weighted by atomic mass is 32.2. The Morgan fingerprint density at radius 2 is 2.11 bits per heavy atom. The summed E-state index contributed by atoms with van der Waals surface area (Å²) >= 11 is 0. The van der Waals surface area contributed by atoms with Crippen LogP contribution in [0.1, 0.15) is 12.2 Å². The number of furan rings is 1. The van der Waals surface area contributed by atoms with Crippen LogP contribution in [0.5, 0.6) is 0 Å². The molecule has 1 heterocycles. The lowest BCUT2D eigenvalue weighted by molar-refractivity contribution is 0.404. The Morgan fingerprint density at radius 1 is 1.39 bits per heavy atom. The largest absolute Gasteiger partial charge is 0.447 e. The van der Waals surface area contributed by atoms with Gasteiger partial charge in [0.05, 0.1) is 6.54 Å². The SMILES string of the molecule is CNCc1ccc(S(=O)(=O)NCCCS(C)=O)o1. The van der Waals surface area contributed by atoms with Crippen LogP contribution in [0.3, 0.4) is 0 Å². The Morgan fingerprint density at radius 3 is 2.72 bits per heavy atom. The fraction of sp³-hybridized carbons (Fsp3) is 0.600. The van der Waals surface area contributed by atoms with E-state index in [1.165, 1.54) is 6.07 Å². The smallest absolute Gasteiger partial charge is 0.273 e. The van der Waals surface area contributed by atoms with Crippen molar-refractivity contribution in [2.75, 3.05) is 25.6 Å². The maximum absolute atomic E-state index is 11.8. The Balaban J connectivity index is 2.54. The highest BCUT2D eigenvalue weighted by Crippen LogP contribution is 2.13. The normalized spacial score (nSPS) is 13.7. The van der Waals surface area contributed by atoms with Gasteiger partial charge in [-0.15, -0.1) is 0 Å². The number of hydrogen-bond donors (Lipinski definition) is 2. The number of hydrogen-bond acceptors (Lipinski definition) is 5. The molecule has 0 radical (unpaired) electrons. The molecule has 0 saturated heterocycles. The predicted molar refractivity (Wildman–Crippen MR) is 70.2 cm³/mol. The predicted octanol–water partition coefficient (Wildman–Crippen LogP) is 0.0459. The van der Waals surface area contributed by atoms with Crippen molar-refractivity contribution in [2.24, 2.45) is 0 Å². The lowest BCUT2D eigenvalue weighted by Gasteiger charge is -2.03. The Bertz CT molecular complexity index is 496. The summed E-state index contributed by atoms with van der Waals surface area (Å²) in [4.78, 5) is 0. The minimum absolute atomic E-state index is 0.0922. The molecule has 6 nitrogen and oxygen atoms in total. The molecular weight excluding hydrogens is 276 g/mol. The van der Waals surface area contributed by atoms with E-state index < -0.39 is 20.8 Å². The first-order chi connectivity index (χ1) is 8.45. The molecule has 1 rings (SSSR count). The van der Waals surface area contributed by atoms with Gasteiger partial charge < -0.3 is 9.73 Å². The fourth-order valence-electron chi connectivity index (χ4n) is 1.33. The van der Waals surface area contributed by atoms with Crippen LogP contribution in [0.4, 0.5) is 0 Å². The maximum Gasteiger partial charge on any atom is 0.273 e. The molecule has 0 aliphatic heterocycles. The summed E-state index contributed by atoms with van der Waals surface area (Å²) in [7, 11) is -2.75. The van der Waals surface area contributed by atoms with Gasteiger partial charge in [0.2, 0.25) is 5.09 Å². The van der Waals surface area contributed by atoms with Crippen LogP contribution in [0.2, 0.25) is 0 Å². The van der Waals surface area contributed by atoms with E-state index in [0.717, 1.165) is 0 Å². The topological polar surface area (TPSA) is 88.4 Å². The summed E-state index contributed by atoms with van der Waals surface area (Å²) in [5.74, 6) is 1.04. The summed E-state index contributed by atoms with van der Waals surface area (Å²) < 4.78 is 42.0. The van der Waals surface area contributed by atoms with E-state index in [-0.39, 0.29) is 11.6 Å². The molecule has 1 atom stereocenters. The zero-order chi connectivity index (χ0) is 13.6. The van der Waals surface area contributed by atoms with Crippen molar-refractivity contribution in [3.63, 3.8) is 0 Å². The summed E-state index contributed by atoms with van der Waals surface area (Å²) in [6.45, 7) is 0.730. The van der Waals surface area contributed by atoms with Crippen LogP contribution < -0.4 is 10.0 Å². The molecule has 0 aliphatic carbocycles. The average Bonchev–Trinajstić information content (AvgIpc) is 2.74. The van der Waals surface area contributed by atoms with Gasteiger partial charge in [0.1, 0.15) is 5.76 Å². The van der Waals surface area contributed by atoms with Crippen LogP contribution in [0.15, 0.2) is 21.6 Å². The van der Waals surface area contributed by atoms with E-state index in [1.54, 1.807) is 19.4 Å². The number of sulfonamides is 1. The highest BCUT2D eigenvalue weighted by Gasteiger charge is 2.17. The van der Waals surface area contributed by atoms with Crippen molar-refractivity contribution in [1.29, 1.82) is 0 Å². The molecular formula is C10H18N2O4S2. The molecule has 104 valence electrons. The molecule has 1 aromatic rings. The Kier molecular flexibility index (Phi) is 6.00. The standard InChI is InChI=1S/C10H18N2O4S2/c1-11-8-9-4-5-10(16-9)18(14,15)12-6-3-7-17(2)13/h4-5,11-12H,3,6-8H2,1-2H3. The van der Waals surface area contributed by atoms with Crippen molar-refractivity contribution in [2.45, 2.75) is 18.1 Å². The van der Waals surface area contributed by atoms with Gasteiger partial charge in [-0.2, -0.15) is 0 Å². The van der Waals surface area contributed by atoms with Gasteiger partial charge in [-0.1, -0.05) is 0 Å². The second-order valence-electron chi connectivity index (χ2n) is 3.78. The molecule has 0 aromatic carbocycles. The molecule has 1 unspecified atom stereocenters. The molecule has 1 aromatic heterocycles. The van der Waals surface area contributed by atoms with E-state index in [0.29, 0.717) is 24.5 Å². The molecule has 2 N–H and O–H groups in total. The van der Waals surface area contributed by atoms with E-state index in [1.807, 2.05) is 0 Å². The molecule has 0 spiro atoms. The fourth-order valence-corrected chi connectivity index (χ4v) is 2.90. The molecule has 0 saturated carbocycles. The van der Waals surface area contributed by atoms with E-state index in [4.69, 9.17) is 4.42 Å². The van der Waals surface area contributed by atoms with E-state index in [9.17, 15) is 12.6 Å². The minimum Gasteiger partial charge on any atom is -0.447 e. The van der Waals surface area contributed by atoms with Gasteiger partial charge in [0, 0.05) is 29.4 Å². The first kappa shape index (κ1) is 15.4. The van der Waals surface area contributed by atoms with Gasteiger partial charge in [-0.25, -0.2) is 13.1 Å². The molecule has 8 heteroatoms. The second kappa shape index (κ2) is 7.03. The second-order valence-corrected chi connectivity index (χ2v) is 7.03. The van der Waals surface area contributed by atoms with Gasteiger partial charge in [0.15, 0.2) is 0 Å². The van der Waals surface area contributed by atoms with Gasteiger partial charge in [-0.05, 0) is 25.6 Å². The van der Waals surface area contributed by atoms with Crippen LogP contribution in [0.25, 0.3) is 0 Å². The summed E-state index contributed by atoms with van der Waals surface area (Å²) in [5.41, 5.74) is 0. The molecule has 0 fully saturated rings. The third-order valence-corrected chi connectivity index (χ3v) is 4.35. The maximum atomic E-state index is 11.8. The van der Waals surface area contributed by atoms with Crippen molar-refractivity contribution in [3.8, 4) is 0 Å². The van der Waals surface area contributed by atoms with Gasteiger partial charge in [-0.3, -0.25) is 4.21 Å². The molecule has 18 heavy (non-hydrogen) atoms. The lowest BCUT2D eigenvalue weighted by Crippen LogP contribution is -2.25. The summed E-state index contributed by atoms with van der Waals surface area (Å²) in [6, 6.07) is 3.04. The monoisotopic (exact) mass is 294 g/mol. The Hall–Kier alpha value is -0.700. The molecule has 0 amide bonds. The summed E-state index contributed by atoms with van der Waals surface area (Å²) in [6.07, 6.45) is 2.12. The van der Waals surface area contributed by atoms with Crippen LogP contribution in [0, 0.1) is 0 Å². The zero-order valence-corrected chi connectivity index (χ0v) is 12.1. The van der Waals surface area contributed by atoms with Crippen molar-refractivity contribution < 1.29 is 17.0 Å². The quantitative estimate of drug-likeness (QED) is 0.661. The third kappa shape index (κ3) is 4.89. The highest BCUT2D eigenvalue weighted by molar-refractivity contribution is 7.89. The molecule has 0 aliphatic rings. The van der Waals surface area contributed by atoms with Gasteiger partial charge in [0.25, 0.3) is 10.0 Å². The van der Waals surface area contributed by atoms with E-state index >= 15 is 0 Å². The first-order valence-electron chi connectivity index (χ1n) is 5.48. The zero-order valence-electron chi connectivity index (χ0n) is 10.4.